The van der Waals surface area contributed by atoms with Crippen molar-refractivity contribution in [1.82, 2.24) is 20.4 Å². The predicted molar refractivity (Wildman–Crippen MR) is 99.8 cm³/mol. The second kappa shape index (κ2) is 7.40. The molecule has 2 atom stereocenters. The number of benzene rings is 1. The van der Waals surface area contributed by atoms with Crippen molar-refractivity contribution < 1.29 is 14.4 Å². The molecule has 0 aliphatic carbocycles. The molecule has 2 saturated heterocycles. The molecule has 0 spiro atoms. The number of nitrogens with one attached hydrogen (secondary N) is 2. The first-order valence-corrected chi connectivity index (χ1v) is 9.67. The standard InChI is InChI=1S/C20H26N4O3/c1-23(10-13-7-8-21-9-13)11-14-3-2-4-15-16(14)12-24(20(15)27)17-5-6-18(25)22-19(17)26/h2-4,13,17,21H,5-12H2,1H3,(H,22,25,26). The summed E-state index contributed by atoms with van der Waals surface area (Å²) in [5.41, 5.74) is 2.85. The Balaban J connectivity index is 1.48. The number of hydrogen-bond donors (Lipinski definition) is 2. The average Bonchev–Trinajstić information content (AvgIpc) is 3.24. The molecule has 0 bridgehead atoms. The molecule has 2 fully saturated rings. The van der Waals surface area contributed by atoms with Crippen molar-refractivity contribution >= 4 is 17.7 Å². The fourth-order valence-electron chi connectivity index (χ4n) is 4.46. The van der Waals surface area contributed by atoms with Gasteiger partial charge in [0.2, 0.25) is 11.8 Å². The Kier molecular flexibility index (Phi) is 4.97. The Morgan fingerprint density at radius 3 is 2.81 bits per heavy atom. The number of amides is 3. The molecule has 0 saturated carbocycles. The Labute approximate surface area is 159 Å². The van der Waals surface area contributed by atoms with Gasteiger partial charge in [-0.05, 0) is 56.1 Å². The van der Waals surface area contributed by atoms with Crippen LogP contribution in [-0.2, 0) is 22.7 Å². The number of imide groups is 1. The minimum absolute atomic E-state index is 0.107. The predicted octanol–water partition coefficient (Wildman–Crippen LogP) is 0.489. The van der Waals surface area contributed by atoms with E-state index in [0.29, 0.717) is 24.4 Å². The maximum atomic E-state index is 12.9. The number of nitrogens with zero attached hydrogens (tertiary/aromatic N) is 2. The first-order chi connectivity index (χ1) is 13.0. The van der Waals surface area contributed by atoms with Crippen LogP contribution in [0.15, 0.2) is 18.2 Å². The number of hydrogen-bond acceptors (Lipinski definition) is 5. The van der Waals surface area contributed by atoms with Gasteiger partial charge < -0.3 is 15.1 Å². The van der Waals surface area contributed by atoms with Crippen molar-refractivity contribution in [1.29, 1.82) is 0 Å². The molecule has 2 N–H and O–H groups in total. The van der Waals surface area contributed by atoms with E-state index in [0.717, 1.165) is 37.3 Å². The monoisotopic (exact) mass is 370 g/mol. The summed E-state index contributed by atoms with van der Waals surface area (Å²) < 4.78 is 0. The minimum atomic E-state index is -0.558. The second-order valence-corrected chi connectivity index (χ2v) is 7.90. The maximum absolute atomic E-state index is 12.9. The molecule has 3 aliphatic rings. The number of fused-ring (bicyclic) bond motifs is 1. The largest absolute Gasteiger partial charge is 0.322 e. The molecule has 4 rings (SSSR count). The fraction of sp³-hybridized carbons (Fsp3) is 0.550. The summed E-state index contributed by atoms with van der Waals surface area (Å²) in [4.78, 5) is 40.4. The van der Waals surface area contributed by atoms with Gasteiger partial charge in [0.15, 0.2) is 0 Å². The highest BCUT2D eigenvalue weighted by atomic mass is 16.2. The molecule has 3 heterocycles. The van der Waals surface area contributed by atoms with Gasteiger partial charge in [0.25, 0.3) is 5.91 Å². The molecular formula is C20H26N4O3. The zero-order chi connectivity index (χ0) is 19.0. The van der Waals surface area contributed by atoms with Crippen molar-refractivity contribution in [2.45, 2.75) is 38.4 Å². The summed E-state index contributed by atoms with van der Waals surface area (Å²) in [7, 11) is 2.12. The topological polar surface area (TPSA) is 81.8 Å². The average molecular weight is 370 g/mol. The van der Waals surface area contributed by atoms with Crippen LogP contribution < -0.4 is 10.6 Å². The molecule has 144 valence electrons. The lowest BCUT2D eigenvalue weighted by Crippen LogP contribution is -2.52. The third-order valence-electron chi connectivity index (χ3n) is 5.85. The van der Waals surface area contributed by atoms with Crippen LogP contribution in [0.1, 0.15) is 40.7 Å². The Bertz CT molecular complexity index is 772. The lowest BCUT2D eigenvalue weighted by Gasteiger charge is -2.29. The molecule has 3 amide bonds. The smallest absolute Gasteiger partial charge is 0.255 e. The van der Waals surface area contributed by atoms with E-state index in [1.807, 2.05) is 12.1 Å². The quantitative estimate of drug-likeness (QED) is 0.738. The van der Waals surface area contributed by atoms with Crippen molar-refractivity contribution in [2.75, 3.05) is 26.7 Å². The van der Waals surface area contributed by atoms with E-state index in [2.05, 4.69) is 28.6 Å². The van der Waals surface area contributed by atoms with Gasteiger partial charge in [0.1, 0.15) is 6.04 Å². The highest BCUT2D eigenvalue weighted by Crippen LogP contribution is 2.30. The van der Waals surface area contributed by atoms with Gasteiger partial charge in [0.05, 0.1) is 0 Å². The van der Waals surface area contributed by atoms with Gasteiger partial charge in [-0.15, -0.1) is 0 Å². The summed E-state index contributed by atoms with van der Waals surface area (Å²) in [5, 5.41) is 5.75. The Hall–Kier alpha value is -2.25. The first kappa shape index (κ1) is 18.1. The van der Waals surface area contributed by atoms with E-state index in [4.69, 9.17) is 0 Å². The van der Waals surface area contributed by atoms with Crippen LogP contribution in [0.4, 0.5) is 0 Å². The molecule has 1 aromatic rings. The molecule has 7 heteroatoms. The molecule has 3 aliphatic heterocycles. The number of piperidine rings is 1. The van der Waals surface area contributed by atoms with E-state index >= 15 is 0 Å². The summed E-state index contributed by atoms with van der Waals surface area (Å²) >= 11 is 0. The minimum Gasteiger partial charge on any atom is -0.322 e. The van der Waals surface area contributed by atoms with E-state index in [-0.39, 0.29) is 24.1 Å². The van der Waals surface area contributed by atoms with Gasteiger partial charge >= 0.3 is 0 Å². The van der Waals surface area contributed by atoms with Gasteiger partial charge in [-0.1, -0.05) is 12.1 Å². The van der Waals surface area contributed by atoms with Crippen LogP contribution in [0.3, 0.4) is 0 Å². The van der Waals surface area contributed by atoms with Crippen LogP contribution >= 0.6 is 0 Å². The maximum Gasteiger partial charge on any atom is 0.255 e. The highest BCUT2D eigenvalue weighted by molar-refractivity contribution is 6.05. The van der Waals surface area contributed by atoms with Crippen molar-refractivity contribution in [3.63, 3.8) is 0 Å². The van der Waals surface area contributed by atoms with E-state index in [1.54, 1.807) is 4.90 Å². The highest BCUT2D eigenvalue weighted by Gasteiger charge is 2.39. The lowest BCUT2D eigenvalue weighted by atomic mass is 10.0. The molecule has 27 heavy (non-hydrogen) atoms. The van der Waals surface area contributed by atoms with Gasteiger partial charge in [-0.2, -0.15) is 0 Å². The molecule has 2 unspecified atom stereocenters. The Morgan fingerprint density at radius 2 is 2.07 bits per heavy atom. The normalized spacial score (nSPS) is 25.3. The van der Waals surface area contributed by atoms with Crippen molar-refractivity contribution in [3.05, 3.63) is 34.9 Å². The zero-order valence-corrected chi connectivity index (χ0v) is 15.7. The van der Waals surface area contributed by atoms with E-state index in [1.165, 1.54) is 6.42 Å². The van der Waals surface area contributed by atoms with Gasteiger partial charge in [-0.3, -0.25) is 19.7 Å². The zero-order valence-electron chi connectivity index (χ0n) is 15.7. The first-order valence-electron chi connectivity index (χ1n) is 9.67. The number of rotatable bonds is 5. The van der Waals surface area contributed by atoms with Crippen LogP contribution in [0.2, 0.25) is 0 Å². The number of carbonyl (C=O) groups is 3. The van der Waals surface area contributed by atoms with Crippen molar-refractivity contribution in [2.24, 2.45) is 5.92 Å². The molecule has 7 nitrogen and oxygen atoms in total. The third-order valence-corrected chi connectivity index (χ3v) is 5.85. The molecular weight excluding hydrogens is 344 g/mol. The summed E-state index contributed by atoms with van der Waals surface area (Å²) in [6.45, 7) is 4.42. The van der Waals surface area contributed by atoms with E-state index in [9.17, 15) is 14.4 Å². The van der Waals surface area contributed by atoms with Crippen LogP contribution in [0.5, 0.6) is 0 Å². The third kappa shape index (κ3) is 3.61. The van der Waals surface area contributed by atoms with Crippen LogP contribution in [-0.4, -0.2) is 60.2 Å². The summed E-state index contributed by atoms with van der Waals surface area (Å²) in [5.74, 6) is -0.0544. The Morgan fingerprint density at radius 1 is 1.22 bits per heavy atom. The molecule has 0 aromatic heterocycles. The summed E-state index contributed by atoms with van der Waals surface area (Å²) in [6, 6.07) is 5.28. The molecule has 0 radical (unpaired) electrons. The molecule has 1 aromatic carbocycles. The second-order valence-electron chi connectivity index (χ2n) is 7.90. The van der Waals surface area contributed by atoms with Gasteiger partial charge in [0, 0.05) is 31.6 Å². The van der Waals surface area contributed by atoms with Crippen LogP contribution in [0, 0.1) is 5.92 Å². The van der Waals surface area contributed by atoms with Crippen molar-refractivity contribution in [3.8, 4) is 0 Å². The number of carbonyl (C=O) groups excluding carboxylic acids is 3. The SMILES string of the molecule is CN(Cc1cccc2c1CN(C1CCC(=O)NC1=O)C2=O)CC1CCNC1. The fourth-order valence-corrected chi connectivity index (χ4v) is 4.46. The lowest BCUT2D eigenvalue weighted by molar-refractivity contribution is -0.136. The van der Waals surface area contributed by atoms with Crippen LogP contribution in [0.25, 0.3) is 0 Å². The van der Waals surface area contributed by atoms with Gasteiger partial charge in [-0.25, -0.2) is 0 Å². The summed E-state index contributed by atoms with van der Waals surface area (Å²) in [6.07, 6.45) is 1.88. The van der Waals surface area contributed by atoms with E-state index < -0.39 is 6.04 Å².